The number of carboxylic acid groups (broad SMARTS) is 1. The summed E-state index contributed by atoms with van der Waals surface area (Å²) in [7, 11) is 1.53. The Balaban J connectivity index is 2.93. The molecule has 1 aliphatic carbocycles. The number of methoxy groups -OCH3 is 1. The maximum atomic E-state index is 12.3. The molecular weight excluding hydrogens is 272 g/mol. The number of rotatable bonds is 6. The lowest BCUT2D eigenvalue weighted by Gasteiger charge is -2.26. The first kappa shape index (κ1) is 17.7. The van der Waals surface area contributed by atoms with Gasteiger partial charge in [-0.15, -0.1) is 0 Å². The van der Waals surface area contributed by atoms with Gasteiger partial charge in [0.2, 0.25) is 0 Å². The standard InChI is InChI=1S/C16H26O5/c1-15(2,3)21-13(17)12(7-10-20-4)11-16(14(18)19)8-5-6-9-16/h7H,5-6,8-11H2,1-4H3,(H,18,19). The SMILES string of the molecule is COCC=C(CC1(C(=O)O)CCCC1)C(=O)OC(C)(C)C. The van der Waals surface area contributed by atoms with Crippen LogP contribution in [0.3, 0.4) is 0 Å². The van der Waals surface area contributed by atoms with Crippen molar-refractivity contribution in [1.29, 1.82) is 0 Å². The summed E-state index contributed by atoms with van der Waals surface area (Å²) in [5.74, 6) is -1.28. The van der Waals surface area contributed by atoms with Gasteiger partial charge in [-0.3, -0.25) is 4.79 Å². The van der Waals surface area contributed by atoms with Gasteiger partial charge in [-0.1, -0.05) is 12.8 Å². The van der Waals surface area contributed by atoms with Gasteiger partial charge in [0, 0.05) is 12.7 Å². The van der Waals surface area contributed by atoms with Gasteiger partial charge >= 0.3 is 11.9 Å². The number of hydrogen-bond acceptors (Lipinski definition) is 4. The smallest absolute Gasteiger partial charge is 0.334 e. The second-order valence-electron chi connectivity index (χ2n) is 6.66. The van der Waals surface area contributed by atoms with E-state index in [1.54, 1.807) is 26.8 Å². The first-order valence-electron chi connectivity index (χ1n) is 7.35. The van der Waals surface area contributed by atoms with Crippen molar-refractivity contribution >= 4 is 11.9 Å². The zero-order valence-corrected chi connectivity index (χ0v) is 13.4. The van der Waals surface area contributed by atoms with Crippen molar-refractivity contribution in [3.8, 4) is 0 Å². The molecule has 0 aromatic carbocycles. The van der Waals surface area contributed by atoms with E-state index < -0.39 is 23.0 Å². The lowest BCUT2D eigenvalue weighted by molar-refractivity contribution is -0.152. The van der Waals surface area contributed by atoms with Crippen LogP contribution in [0.2, 0.25) is 0 Å². The van der Waals surface area contributed by atoms with E-state index in [4.69, 9.17) is 9.47 Å². The zero-order valence-electron chi connectivity index (χ0n) is 13.4. The summed E-state index contributed by atoms with van der Waals surface area (Å²) in [5, 5.41) is 9.54. The van der Waals surface area contributed by atoms with Gasteiger partial charge in [-0.2, -0.15) is 0 Å². The van der Waals surface area contributed by atoms with E-state index in [-0.39, 0.29) is 13.0 Å². The molecule has 0 unspecified atom stereocenters. The molecule has 5 heteroatoms. The average Bonchev–Trinajstić information content (AvgIpc) is 2.82. The van der Waals surface area contributed by atoms with Crippen molar-refractivity contribution in [1.82, 2.24) is 0 Å². The fraction of sp³-hybridized carbons (Fsp3) is 0.750. The third-order valence-electron chi connectivity index (χ3n) is 3.70. The van der Waals surface area contributed by atoms with E-state index in [1.807, 2.05) is 0 Å². The second kappa shape index (κ2) is 7.07. The zero-order chi connectivity index (χ0) is 16.1. The van der Waals surface area contributed by atoms with Crippen LogP contribution in [0.25, 0.3) is 0 Å². The molecule has 120 valence electrons. The lowest BCUT2D eigenvalue weighted by Crippen LogP contribution is -2.32. The Morgan fingerprint density at radius 3 is 2.24 bits per heavy atom. The van der Waals surface area contributed by atoms with Gasteiger partial charge in [0.25, 0.3) is 0 Å². The van der Waals surface area contributed by atoms with Crippen molar-refractivity contribution < 1.29 is 24.2 Å². The van der Waals surface area contributed by atoms with E-state index in [0.717, 1.165) is 12.8 Å². The van der Waals surface area contributed by atoms with Gasteiger partial charge in [0.05, 0.1) is 12.0 Å². The number of esters is 1. The van der Waals surface area contributed by atoms with Crippen LogP contribution in [0.4, 0.5) is 0 Å². The third-order valence-corrected chi connectivity index (χ3v) is 3.70. The van der Waals surface area contributed by atoms with Crippen LogP contribution in [0.1, 0.15) is 52.9 Å². The molecule has 0 spiro atoms. The number of ether oxygens (including phenoxy) is 2. The highest BCUT2D eigenvalue weighted by molar-refractivity contribution is 5.90. The fourth-order valence-electron chi connectivity index (χ4n) is 2.64. The number of aliphatic carboxylic acids is 1. The quantitative estimate of drug-likeness (QED) is 0.603. The van der Waals surface area contributed by atoms with Crippen molar-refractivity contribution in [2.75, 3.05) is 13.7 Å². The van der Waals surface area contributed by atoms with E-state index in [9.17, 15) is 14.7 Å². The molecule has 1 rings (SSSR count). The molecule has 1 N–H and O–H groups in total. The largest absolute Gasteiger partial charge is 0.481 e. The predicted molar refractivity (Wildman–Crippen MR) is 79.0 cm³/mol. The third kappa shape index (κ3) is 5.16. The van der Waals surface area contributed by atoms with E-state index in [0.29, 0.717) is 18.4 Å². The second-order valence-corrected chi connectivity index (χ2v) is 6.66. The minimum absolute atomic E-state index is 0.209. The average molecular weight is 298 g/mol. The molecule has 0 bridgehead atoms. The van der Waals surface area contributed by atoms with Crippen LogP contribution in [-0.4, -0.2) is 36.4 Å². The maximum absolute atomic E-state index is 12.3. The molecule has 21 heavy (non-hydrogen) atoms. The van der Waals surface area contributed by atoms with Crippen LogP contribution in [-0.2, 0) is 19.1 Å². The number of carbonyl (C=O) groups is 2. The van der Waals surface area contributed by atoms with Crippen LogP contribution in [0.5, 0.6) is 0 Å². The summed E-state index contributed by atoms with van der Waals surface area (Å²) in [6, 6.07) is 0. The first-order chi connectivity index (χ1) is 9.70. The topological polar surface area (TPSA) is 72.8 Å². The van der Waals surface area contributed by atoms with Crippen LogP contribution < -0.4 is 0 Å². The molecule has 0 aromatic heterocycles. The maximum Gasteiger partial charge on any atom is 0.334 e. The fourth-order valence-corrected chi connectivity index (χ4v) is 2.64. The minimum Gasteiger partial charge on any atom is -0.481 e. The van der Waals surface area contributed by atoms with Crippen LogP contribution in [0.15, 0.2) is 11.6 Å². The molecule has 1 fully saturated rings. The molecule has 0 amide bonds. The van der Waals surface area contributed by atoms with Crippen molar-refractivity contribution in [2.24, 2.45) is 5.41 Å². The first-order valence-corrected chi connectivity index (χ1v) is 7.35. The highest BCUT2D eigenvalue weighted by atomic mass is 16.6. The summed E-state index contributed by atoms with van der Waals surface area (Å²) in [4.78, 5) is 23.9. The molecule has 0 heterocycles. The lowest BCUT2D eigenvalue weighted by atomic mass is 9.79. The Kier molecular flexibility index (Phi) is 5.96. The van der Waals surface area contributed by atoms with E-state index in [2.05, 4.69) is 0 Å². The summed E-state index contributed by atoms with van der Waals surface area (Å²) < 4.78 is 10.4. The van der Waals surface area contributed by atoms with Gasteiger partial charge in [0.15, 0.2) is 0 Å². The predicted octanol–water partition coefficient (Wildman–Crippen LogP) is 2.94. The Morgan fingerprint density at radius 2 is 1.81 bits per heavy atom. The molecular formula is C16H26O5. The number of carboxylic acids is 1. The molecule has 0 saturated heterocycles. The molecule has 1 saturated carbocycles. The summed E-state index contributed by atoms with van der Waals surface area (Å²) >= 11 is 0. The van der Waals surface area contributed by atoms with Crippen molar-refractivity contribution in [3.63, 3.8) is 0 Å². The Labute approximate surface area is 126 Å². The molecule has 0 atom stereocenters. The monoisotopic (exact) mass is 298 g/mol. The van der Waals surface area contributed by atoms with Crippen LogP contribution >= 0.6 is 0 Å². The molecule has 5 nitrogen and oxygen atoms in total. The Bertz CT molecular complexity index is 411. The Morgan fingerprint density at radius 1 is 1.24 bits per heavy atom. The molecule has 0 radical (unpaired) electrons. The molecule has 1 aliphatic rings. The van der Waals surface area contributed by atoms with Crippen molar-refractivity contribution in [2.45, 2.75) is 58.5 Å². The Hall–Kier alpha value is -1.36. The molecule has 0 aliphatic heterocycles. The minimum atomic E-state index is -0.837. The van der Waals surface area contributed by atoms with E-state index >= 15 is 0 Å². The summed E-state index contributed by atoms with van der Waals surface area (Å²) in [6.07, 6.45) is 4.83. The highest BCUT2D eigenvalue weighted by Gasteiger charge is 2.43. The van der Waals surface area contributed by atoms with Gasteiger partial charge in [0.1, 0.15) is 5.60 Å². The van der Waals surface area contributed by atoms with E-state index in [1.165, 1.54) is 7.11 Å². The normalized spacial score (nSPS) is 18.6. The van der Waals surface area contributed by atoms with Gasteiger partial charge < -0.3 is 14.6 Å². The number of hydrogen-bond donors (Lipinski definition) is 1. The van der Waals surface area contributed by atoms with Gasteiger partial charge in [-0.25, -0.2) is 4.79 Å². The summed E-state index contributed by atoms with van der Waals surface area (Å²) in [5.41, 5.74) is -1.04. The van der Waals surface area contributed by atoms with Crippen LogP contribution in [0, 0.1) is 5.41 Å². The van der Waals surface area contributed by atoms with Crippen molar-refractivity contribution in [3.05, 3.63) is 11.6 Å². The molecule has 0 aromatic rings. The highest BCUT2D eigenvalue weighted by Crippen LogP contribution is 2.43. The summed E-state index contributed by atoms with van der Waals surface area (Å²) in [6.45, 7) is 5.65. The van der Waals surface area contributed by atoms with Gasteiger partial charge in [-0.05, 0) is 46.1 Å². The number of carbonyl (C=O) groups excluding carboxylic acids is 1.